The summed E-state index contributed by atoms with van der Waals surface area (Å²) in [5, 5.41) is 0. The molecule has 0 atom stereocenters. The third kappa shape index (κ3) is 3.79. The van der Waals surface area contributed by atoms with Crippen LogP contribution in [0.1, 0.15) is 0 Å². The van der Waals surface area contributed by atoms with Gasteiger partial charge in [-0.2, -0.15) is 0 Å². The van der Waals surface area contributed by atoms with Crippen LogP contribution in [0.4, 0.5) is 5.69 Å². The summed E-state index contributed by atoms with van der Waals surface area (Å²) in [5.74, 6) is 0. The number of hydrogen-bond acceptors (Lipinski definition) is 3. The lowest BCUT2D eigenvalue weighted by molar-refractivity contribution is 0.604. The second kappa shape index (κ2) is 7.09. The molecule has 0 aliphatic heterocycles. The van der Waals surface area contributed by atoms with Crippen LogP contribution in [-0.4, -0.2) is 8.42 Å². The van der Waals surface area contributed by atoms with Crippen molar-refractivity contribution in [2.45, 2.75) is 14.7 Å². The van der Waals surface area contributed by atoms with E-state index in [0.29, 0.717) is 5.69 Å². The molecule has 0 amide bonds. The molecule has 0 aliphatic carbocycles. The van der Waals surface area contributed by atoms with Crippen LogP contribution in [0.5, 0.6) is 0 Å². The highest BCUT2D eigenvalue weighted by Crippen LogP contribution is 2.33. The number of anilines is 1. The molecule has 4 nitrogen and oxygen atoms in total. The van der Waals surface area contributed by atoms with Crippen LogP contribution in [0, 0.1) is 0 Å². The molecule has 24 heavy (non-hydrogen) atoms. The topological polar surface area (TPSA) is 74.3 Å². The summed E-state index contributed by atoms with van der Waals surface area (Å²) in [4.78, 5) is 1.84. The lowest BCUT2D eigenvalue weighted by Gasteiger charge is -2.21. The molecule has 2 N–H and O–H groups in total. The minimum Gasteiger partial charge on any atom is -0.399 e. The molecule has 0 radical (unpaired) electrons. The molecule has 6 heteroatoms. The van der Waals surface area contributed by atoms with Crippen molar-refractivity contribution in [3.05, 3.63) is 89.1 Å². The Kier molecular flexibility index (Phi) is 4.89. The first-order chi connectivity index (χ1) is 11.6. The summed E-state index contributed by atoms with van der Waals surface area (Å²) in [7, 11) is -3.79. The fraction of sp³-hybridized carbons (Fsp3) is 0. The van der Waals surface area contributed by atoms with Gasteiger partial charge in [0.05, 0.1) is 4.90 Å². The Bertz CT molecular complexity index is 857. The molecule has 0 aromatic heterocycles. The van der Waals surface area contributed by atoms with Gasteiger partial charge in [0.2, 0.25) is 0 Å². The maximum atomic E-state index is 12.7. The zero-order chi connectivity index (χ0) is 17.0. The molecular weight excluding hydrogens is 340 g/mol. The van der Waals surface area contributed by atoms with Gasteiger partial charge in [0.25, 0.3) is 0 Å². The van der Waals surface area contributed by atoms with Gasteiger partial charge >= 0.3 is 0 Å². The summed E-state index contributed by atoms with van der Waals surface area (Å²) >= 11 is -0.921. The van der Waals surface area contributed by atoms with Crippen molar-refractivity contribution in [2.75, 3.05) is 5.73 Å². The lowest BCUT2D eigenvalue weighted by Crippen LogP contribution is -2.09. The summed E-state index contributed by atoms with van der Waals surface area (Å²) in [5.41, 5.74) is 6.14. The van der Waals surface area contributed by atoms with Gasteiger partial charge in [-0.1, -0.05) is 36.4 Å². The van der Waals surface area contributed by atoms with E-state index in [2.05, 4.69) is 4.13 Å². The number of nitrogens with two attached hydrogens (primary N) is 1. The Morgan fingerprint density at radius 2 is 1.17 bits per heavy atom. The fourth-order valence-corrected chi connectivity index (χ4v) is 5.50. The molecular formula is C18H16N2O2S2. The Morgan fingerprint density at radius 3 is 1.62 bits per heavy atom. The number of hydrogen-bond donors (Lipinski definition) is 1. The molecule has 0 bridgehead atoms. The monoisotopic (exact) mass is 356 g/mol. The van der Waals surface area contributed by atoms with Gasteiger partial charge in [-0.3, -0.25) is 0 Å². The minimum absolute atomic E-state index is 0.140. The highest BCUT2D eigenvalue weighted by atomic mass is 32.3. The zero-order valence-electron chi connectivity index (χ0n) is 12.7. The number of nitrogen functional groups attached to an aromatic ring is 1. The highest BCUT2D eigenvalue weighted by Gasteiger charge is 2.21. The molecule has 3 rings (SSSR count). The smallest absolute Gasteiger partial charge is 0.148 e. The molecule has 0 saturated heterocycles. The first-order valence-corrected chi connectivity index (χ1v) is 9.86. The maximum absolute atomic E-state index is 12.7. The van der Waals surface area contributed by atoms with Crippen LogP contribution in [-0.2, 0) is 21.1 Å². The summed E-state index contributed by atoms with van der Waals surface area (Å²) in [6.07, 6.45) is 0. The van der Waals surface area contributed by atoms with E-state index in [1.165, 1.54) is 12.1 Å². The van der Waals surface area contributed by atoms with Crippen molar-refractivity contribution < 1.29 is 8.42 Å². The van der Waals surface area contributed by atoms with Crippen LogP contribution in [0.3, 0.4) is 0 Å². The van der Waals surface area contributed by atoms with E-state index in [1.54, 1.807) is 12.1 Å². The van der Waals surface area contributed by atoms with E-state index < -0.39 is 21.1 Å². The van der Waals surface area contributed by atoms with Gasteiger partial charge in [-0.05, 0) is 59.6 Å². The minimum atomic E-state index is -3.79. The van der Waals surface area contributed by atoms with Crippen molar-refractivity contribution >= 4 is 26.8 Å². The lowest BCUT2D eigenvalue weighted by atomic mass is 10.3. The third-order valence-electron chi connectivity index (χ3n) is 3.28. The van der Waals surface area contributed by atoms with Crippen LogP contribution < -0.4 is 5.73 Å². The van der Waals surface area contributed by atoms with E-state index in [9.17, 15) is 8.42 Å². The molecule has 0 saturated carbocycles. The first-order valence-electron chi connectivity index (χ1n) is 7.24. The predicted octanol–water partition coefficient (Wildman–Crippen LogP) is 3.98. The van der Waals surface area contributed by atoms with Gasteiger partial charge in [-0.15, -0.1) is 0 Å². The maximum Gasteiger partial charge on any atom is 0.148 e. The average Bonchev–Trinajstić information content (AvgIpc) is 2.62. The summed E-state index contributed by atoms with van der Waals surface area (Å²) in [6.45, 7) is 0. The fourth-order valence-electron chi connectivity index (χ4n) is 2.10. The van der Waals surface area contributed by atoms with Gasteiger partial charge in [0, 0.05) is 5.69 Å². The molecule has 0 fully saturated rings. The Labute approximate surface area is 144 Å². The van der Waals surface area contributed by atoms with Crippen molar-refractivity contribution in [1.29, 1.82) is 0 Å². The van der Waals surface area contributed by atoms with Crippen molar-refractivity contribution in [1.82, 2.24) is 0 Å². The highest BCUT2D eigenvalue weighted by molar-refractivity contribution is 8.15. The van der Waals surface area contributed by atoms with Crippen LogP contribution >= 0.6 is 0 Å². The largest absolute Gasteiger partial charge is 0.399 e. The SMILES string of the molecule is Nc1ccc(S(=O)(=O)[N-][S+](c2ccccc2)c2ccccc2)cc1. The Morgan fingerprint density at radius 1 is 0.708 bits per heavy atom. The summed E-state index contributed by atoms with van der Waals surface area (Å²) < 4.78 is 29.6. The predicted molar refractivity (Wildman–Crippen MR) is 98.2 cm³/mol. The van der Waals surface area contributed by atoms with Gasteiger partial charge in [0.1, 0.15) is 19.8 Å². The summed E-state index contributed by atoms with van der Waals surface area (Å²) in [6, 6.07) is 24.9. The quantitative estimate of drug-likeness (QED) is 0.555. The van der Waals surface area contributed by atoms with Crippen molar-refractivity contribution in [3.8, 4) is 0 Å². The number of rotatable bonds is 5. The number of benzene rings is 3. The number of sulfonamides is 1. The van der Waals surface area contributed by atoms with Gasteiger partial charge < -0.3 is 9.86 Å². The standard InChI is InChI=1S/C18H16N2O2S2/c19-15-11-13-18(14-12-15)24(21,22)20-23(16-7-3-1-4-8-16)17-9-5-2-6-10-17/h1-14H,19H2. The third-order valence-corrected chi connectivity index (χ3v) is 6.97. The second-order valence-electron chi connectivity index (χ2n) is 5.03. The van der Waals surface area contributed by atoms with E-state index in [1.807, 2.05) is 60.7 Å². The molecule has 0 heterocycles. The van der Waals surface area contributed by atoms with Crippen LogP contribution in [0.2, 0.25) is 0 Å². The molecule has 3 aromatic carbocycles. The Balaban J connectivity index is 1.99. The molecule has 0 spiro atoms. The van der Waals surface area contributed by atoms with Crippen molar-refractivity contribution in [2.24, 2.45) is 0 Å². The van der Waals surface area contributed by atoms with Crippen molar-refractivity contribution in [3.63, 3.8) is 0 Å². The van der Waals surface area contributed by atoms with E-state index in [-0.39, 0.29) is 4.90 Å². The molecule has 0 aliphatic rings. The molecule has 122 valence electrons. The van der Waals surface area contributed by atoms with Crippen LogP contribution in [0.15, 0.2) is 99.6 Å². The van der Waals surface area contributed by atoms with Crippen LogP contribution in [0.25, 0.3) is 4.13 Å². The number of nitrogens with zero attached hydrogens (tertiary/aromatic N) is 1. The van der Waals surface area contributed by atoms with Gasteiger partial charge in [-0.25, -0.2) is 8.42 Å². The van der Waals surface area contributed by atoms with E-state index in [0.717, 1.165) is 9.79 Å². The normalized spacial score (nSPS) is 11.5. The van der Waals surface area contributed by atoms with Gasteiger partial charge in [0.15, 0.2) is 0 Å². The second-order valence-corrected chi connectivity index (χ2v) is 8.56. The first kappa shape index (κ1) is 16.6. The zero-order valence-corrected chi connectivity index (χ0v) is 14.4. The van der Waals surface area contributed by atoms with E-state index >= 15 is 0 Å². The molecule has 0 unspecified atom stereocenters. The Hall–Kier alpha value is -2.28. The molecule has 3 aromatic rings. The average molecular weight is 356 g/mol. The van der Waals surface area contributed by atoms with E-state index in [4.69, 9.17) is 5.73 Å².